The van der Waals surface area contributed by atoms with Crippen molar-refractivity contribution < 1.29 is 14.3 Å². The lowest BCUT2D eigenvalue weighted by Crippen LogP contribution is -2.63. The van der Waals surface area contributed by atoms with Crippen LogP contribution in [-0.4, -0.2) is 28.7 Å². The highest BCUT2D eigenvalue weighted by atomic mass is 19.1. The van der Waals surface area contributed by atoms with Crippen LogP contribution in [0.15, 0.2) is 12.2 Å². The van der Waals surface area contributed by atoms with E-state index in [0.717, 1.165) is 19.3 Å². The molecule has 0 aromatic carbocycles. The zero-order chi connectivity index (χ0) is 16.6. The van der Waals surface area contributed by atoms with Crippen LogP contribution < -0.4 is 5.73 Å². The van der Waals surface area contributed by atoms with Gasteiger partial charge in [-0.1, -0.05) is 19.9 Å². The fourth-order valence-corrected chi connectivity index (χ4v) is 6.58. The molecule has 3 nitrogen and oxygen atoms in total. The minimum absolute atomic E-state index is 0.0523. The molecule has 23 heavy (non-hydrogen) atoms. The van der Waals surface area contributed by atoms with Gasteiger partial charge in [0.25, 0.3) is 0 Å². The summed E-state index contributed by atoms with van der Waals surface area (Å²) >= 11 is 0. The molecule has 3 fully saturated rings. The summed E-state index contributed by atoms with van der Waals surface area (Å²) in [6.45, 7) is 4.16. The summed E-state index contributed by atoms with van der Waals surface area (Å²) in [5.41, 5.74) is 4.30. The average Bonchev–Trinajstić information content (AvgIpc) is 2.73. The third kappa shape index (κ3) is 1.80. The predicted molar refractivity (Wildman–Crippen MR) is 86.4 cm³/mol. The van der Waals surface area contributed by atoms with E-state index in [1.807, 2.05) is 13.0 Å². The van der Waals surface area contributed by atoms with Crippen molar-refractivity contribution in [1.82, 2.24) is 0 Å². The maximum Gasteiger partial charge on any atom is 0.155 e. The second kappa shape index (κ2) is 4.66. The monoisotopic (exact) mass is 321 g/mol. The summed E-state index contributed by atoms with van der Waals surface area (Å²) in [5, 5.41) is 10.3. The fourth-order valence-electron chi connectivity index (χ4n) is 6.58. The minimum Gasteiger partial charge on any atom is -0.391 e. The molecule has 0 radical (unpaired) electrons. The van der Waals surface area contributed by atoms with Crippen molar-refractivity contribution in [1.29, 1.82) is 0 Å². The number of aliphatic hydroxyl groups is 1. The van der Waals surface area contributed by atoms with Crippen molar-refractivity contribution in [3.63, 3.8) is 0 Å². The van der Waals surface area contributed by atoms with Crippen LogP contribution in [0.3, 0.4) is 0 Å². The first-order chi connectivity index (χ1) is 10.7. The molecule has 3 saturated carbocycles. The van der Waals surface area contributed by atoms with Crippen LogP contribution in [0, 0.1) is 28.6 Å². The first-order valence-electron chi connectivity index (χ1n) is 9.07. The van der Waals surface area contributed by atoms with E-state index in [-0.39, 0.29) is 35.0 Å². The van der Waals surface area contributed by atoms with Gasteiger partial charge in [-0.15, -0.1) is 0 Å². The van der Waals surface area contributed by atoms with Gasteiger partial charge in [-0.3, -0.25) is 4.79 Å². The average molecular weight is 321 g/mol. The maximum atomic E-state index is 16.4. The highest BCUT2D eigenvalue weighted by molar-refractivity contribution is 5.91. The van der Waals surface area contributed by atoms with E-state index in [1.54, 1.807) is 6.08 Å². The van der Waals surface area contributed by atoms with Gasteiger partial charge in [-0.25, -0.2) is 4.39 Å². The lowest BCUT2D eigenvalue weighted by molar-refractivity contribution is -0.165. The molecule has 4 aliphatic rings. The van der Waals surface area contributed by atoms with Crippen LogP contribution >= 0.6 is 0 Å². The molecule has 3 unspecified atom stereocenters. The van der Waals surface area contributed by atoms with Gasteiger partial charge in [-0.2, -0.15) is 0 Å². The highest BCUT2D eigenvalue weighted by Crippen LogP contribution is 2.67. The van der Waals surface area contributed by atoms with E-state index in [4.69, 9.17) is 5.73 Å². The molecule has 8 atom stereocenters. The van der Waals surface area contributed by atoms with Crippen LogP contribution in [-0.2, 0) is 4.79 Å². The summed E-state index contributed by atoms with van der Waals surface area (Å²) in [7, 11) is 0. The summed E-state index contributed by atoms with van der Waals surface area (Å²) in [6.07, 6.45) is 7.00. The number of carbonyl (C=O) groups excluding carboxylic acids is 1. The second-order valence-corrected chi connectivity index (χ2v) is 8.97. The Bertz CT molecular complexity index is 578. The predicted octanol–water partition coefficient (Wildman–Crippen LogP) is 2.76. The molecule has 0 aliphatic heterocycles. The Morgan fingerprint density at radius 1 is 1.26 bits per heavy atom. The van der Waals surface area contributed by atoms with Gasteiger partial charge in [0.15, 0.2) is 5.78 Å². The van der Waals surface area contributed by atoms with Crippen molar-refractivity contribution in [2.75, 3.05) is 0 Å². The number of nitrogens with two attached hydrogens (primary N) is 1. The SMILES string of the molecule is C[C@]12C=CC(=O)CC1CC[C@H]1[C@@H]3CC(O)C(N)[C@@]3(C)CC[C@]12F. The molecule has 0 bridgehead atoms. The summed E-state index contributed by atoms with van der Waals surface area (Å²) < 4.78 is 16.4. The summed E-state index contributed by atoms with van der Waals surface area (Å²) in [6, 6.07) is -0.244. The lowest BCUT2D eigenvalue weighted by Gasteiger charge is -2.61. The Morgan fingerprint density at radius 3 is 2.74 bits per heavy atom. The normalized spacial score (nSPS) is 58.5. The minimum atomic E-state index is -1.28. The highest BCUT2D eigenvalue weighted by Gasteiger charge is 2.68. The van der Waals surface area contributed by atoms with Gasteiger partial charge in [-0.05, 0) is 61.3 Å². The van der Waals surface area contributed by atoms with Crippen LogP contribution in [0.1, 0.15) is 52.4 Å². The molecule has 3 N–H and O–H groups in total. The van der Waals surface area contributed by atoms with Crippen LogP contribution in [0.25, 0.3) is 0 Å². The van der Waals surface area contributed by atoms with Gasteiger partial charge in [0.1, 0.15) is 5.67 Å². The zero-order valence-electron chi connectivity index (χ0n) is 14.1. The summed E-state index contributed by atoms with van der Waals surface area (Å²) in [5.74, 6) is 0.345. The molecule has 0 aromatic rings. The third-order valence-electron chi connectivity index (χ3n) is 8.25. The molecule has 0 heterocycles. The quantitative estimate of drug-likeness (QED) is 0.721. The second-order valence-electron chi connectivity index (χ2n) is 8.97. The van der Waals surface area contributed by atoms with E-state index in [2.05, 4.69) is 6.92 Å². The third-order valence-corrected chi connectivity index (χ3v) is 8.25. The topological polar surface area (TPSA) is 63.3 Å². The van der Waals surface area contributed by atoms with Crippen LogP contribution in [0.2, 0.25) is 0 Å². The number of halogens is 1. The molecule has 0 aromatic heterocycles. The molecule has 0 amide bonds. The molecule has 0 saturated heterocycles. The number of carbonyl (C=O) groups is 1. The van der Waals surface area contributed by atoms with Crippen molar-refractivity contribution in [2.24, 2.45) is 34.3 Å². The molecule has 0 spiro atoms. The van der Waals surface area contributed by atoms with E-state index in [0.29, 0.717) is 19.3 Å². The number of alkyl halides is 1. The first-order valence-corrected chi connectivity index (χ1v) is 9.07. The number of hydrogen-bond donors (Lipinski definition) is 2. The van der Waals surface area contributed by atoms with E-state index < -0.39 is 17.2 Å². The molecule has 4 rings (SSSR count). The van der Waals surface area contributed by atoms with Crippen LogP contribution in [0.5, 0.6) is 0 Å². The molecular weight excluding hydrogens is 293 g/mol. The molecule has 128 valence electrons. The Labute approximate surface area is 137 Å². The van der Waals surface area contributed by atoms with E-state index in [1.165, 1.54) is 0 Å². The summed E-state index contributed by atoms with van der Waals surface area (Å²) in [4.78, 5) is 11.8. The number of fused-ring (bicyclic) bond motifs is 5. The lowest BCUT2D eigenvalue weighted by atomic mass is 9.45. The standard InChI is InChI=1S/C19H28FNO2/c1-17-7-8-19(20)13(14(17)10-15(23)16(17)21)4-3-11-9-12(22)5-6-18(11,19)2/h5-6,11,13-16,23H,3-4,7-10,21H2,1-2H3/t11?,13-,14-,15?,16?,17-,18-,19-/m0/s1. The van der Waals surface area contributed by atoms with Crippen molar-refractivity contribution in [3.05, 3.63) is 12.2 Å². The van der Waals surface area contributed by atoms with Crippen molar-refractivity contribution in [3.8, 4) is 0 Å². The van der Waals surface area contributed by atoms with Gasteiger partial charge < -0.3 is 10.8 Å². The molecule has 4 aliphatic carbocycles. The van der Waals surface area contributed by atoms with Crippen molar-refractivity contribution in [2.45, 2.75) is 70.2 Å². The molecule has 4 heteroatoms. The van der Waals surface area contributed by atoms with E-state index in [9.17, 15) is 9.90 Å². The van der Waals surface area contributed by atoms with E-state index >= 15 is 4.39 Å². The Balaban J connectivity index is 1.75. The Kier molecular flexibility index (Phi) is 3.20. The Morgan fingerprint density at radius 2 is 2.00 bits per heavy atom. The maximum absolute atomic E-state index is 16.4. The number of allylic oxidation sites excluding steroid dienone is 2. The van der Waals surface area contributed by atoms with Gasteiger partial charge in [0.2, 0.25) is 0 Å². The smallest absolute Gasteiger partial charge is 0.155 e. The van der Waals surface area contributed by atoms with Gasteiger partial charge >= 0.3 is 0 Å². The fraction of sp³-hybridized carbons (Fsp3) is 0.842. The Hall–Kier alpha value is -0.740. The van der Waals surface area contributed by atoms with Crippen LogP contribution in [0.4, 0.5) is 4.39 Å². The number of ketones is 1. The zero-order valence-corrected chi connectivity index (χ0v) is 14.1. The molecular formula is C19H28FNO2. The van der Waals surface area contributed by atoms with Gasteiger partial charge in [0.05, 0.1) is 6.10 Å². The largest absolute Gasteiger partial charge is 0.391 e. The number of aliphatic hydroxyl groups excluding tert-OH is 1. The number of rotatable bonds is 0. The number of hydrogen-bond acceptors (Lipinski definition) is 3. The first kappa shape index (κ1) is 15.8. The van der Waals surface area contributed by atoms with Gasteiger partial charge in [0, 0.05) is 17.9 Å². The van der Waals surface area contributed by atoms with Crippen molar-refractivity contribution >= 4 is 5.78 Å².